The lowest BCUT2D eigenvalue weighted by Crippen LogP contribution is -2.36. The number of halogens is 1. The van der Waals surface area contributed by atoms with Crippen molar-refractivity contribution >= 4 is 39.3 Å². The van der Waals surface area contributed by atoms with E-state index in [1.807, 2.05) is 24.3 Å². The van der Waals surface area contributed by atoms with Gasteiger partial charge in [0.15, 0.2) is 6.61 Å². The summed E-state index contributed by atoms with van der Waals surface area (Å²) < 4.78 is 11.6. The van der Waals surface area contributed by atoms with Gasteiger partial charge in [0, 0.05) is 16.7 Å². The Hall–Kier alpha value is -3.85. The second-order valence-corrected chi connectivity index (χ2v) is 8.06. The number of carbonyl (C=O) groups is 3. The van der Waals surface area contributed by atoms with E-state index in [1.54, 1.807) is 55.6 Å². The average molecular weight is 526 g/mol. The topological polar surface area (TPSA) is 106 Å². The van der Waals surface area contributed by atoms with Gasteiger partial charge in [-0.25, -0.2) is 0 Å². The monoisotopic (exact) mass is 525 g/mol. The summed E-state index contributed by atoms with van der Waals surface area (Å²) in [5, 5.41) is 8.03. The predicted octanol–water partition coefficient (Wildman–Crippen LogP) is 3.52. The molecule has 0 aliphatic heterocycles. The first-order chi connectivity index (χ1) is 16.4. The van der Waals surface area contributed by atoms with Gasteiger partial charge in [0.05, 0.1) is 19.2 Å². The normalized spacial score (nSPS) is 10.2. The Bertz CT molecular complexity index is 1130. The van der Waals surface area contributed by atoms with E-state index in [0.29, 0.717) is 18.0 Å². The van der Waals surface area contributed by atoms with Crippen LogP contribution in [0.15, 0.2) is 77.3 Å². The minimum atomic E-state index is -0.482. The molecule has 0 aliphatic rings. The van der Waals surface area contributed by atoms with Crippen molar-refractivity contribution in [2.75, 3.05) is 25.6 Å². The first kappa shape index (κ1) is 24.8. The zero-order valence-electron chi connectivity index (χ0n) is 18.5. The highest BCUT2D eigenvalue weighted by molar-refractivity contribution is 9.10. The lowest BCUT2D eigenvalue weighted by molar-refractivity contribution is -0.120. The number of methoxy groups -OCH3 is 1. The Kier molecular flexibility index (Phi) is 9.04. The zero-order valence-corrected chi connectivity index (χ0v) is 20.1. The number of anilines is 1. The molecule has 0 saturated carbocycles. The summed E-state index contributed by atoms with van der Waals surface area (Å²) in [6.45, 7) is -0.128. The molecule has 9 heteroatoms. The Balaban J connectivity index is 1.48. The van der Waals surface area contributed by atoms with Gasteiger partial charge in [-0.05, 0) is 54.1 Å². The second-order valence-electron chi connectivity index (χ2n) is 7.15. The zero-order chi connectivity index (χ0) is 24.3. The minimum absolute atomic E-state index is 0.193. The maximum Gasteiger partial charge on any atom is 0.262 e. The van der Waals surface area contributed by atoms with Crippen LogP contribution in [0.5, 0.6) is 11.5 Å². The van der Waals surface area contributed by atoms with Gasteiger partial charge in [-0.15, -0.1) is 0 Å². The number of rotatable bonds is 10. The number of nitrogens with one attached hydrogen (secondary N) is 3. The quantitative estimate of drug-likeness (QED) is 0.375. The fraction of sp³-hybridized carbons (Fsp3) is 0.160. The van der Waals surface area contributed by atoms with E-state index in [9.17, 15) is 14.4 Å². The van der Waals surface area contributed by atoms with Gasteiger partial charge in [0.2, 0.25) is 5.91 Å². The van der Waals surface area contributed by atoms with Crippen LogP contribution in [0, 0.1) is 0 Å². The van der Waals surface area contributed by atoms with E-state index >= 15 is 0 Å². The largest absolute Gasteiger partial charge is 0.497 e. The highest BCUT2D eigenvalue weighted by Gasteiger charge is 2.14. The van der Waals surface area contributed by atoms with Crippen LogP contribution in [0.4, 0.5) is 5.69 Å². The molecule has 0 unspecified atom stereocenters. The van der Waals surface area contributed by atoms with Crippen LogP contribution < -0.4 is 25.4 Å². The van der Waals surface area contributed by atoms with Crippen LogP contribution in [0.3, 0.4) is 0 Å². The van der Waals surface area contributed by atoms with Crippen LogP contribution in [0.2, 0.25) is 0 Å². The SMILES string of the molecule is COc1ccc(NC(=O)COc2ccccc2C(=O)NCC(=O)NCc2ccc(Br)cc2)cc1. The maximum atomic E-state index is 12.6. The van der Waals surface area contributed by atoms with Gasteiger partial charge in [-0.3, -0.25) is 14.4 Å². The molecule has 0 aromatic heterocycles. The molecule has 0 fully saturated rings. The summed E-state index contributed by atoms with van der Waals surface area (Å²) in [4.78, 5) is 36.9. The molecule has 0 atom stereocenters. The van der Waals surface area contributed by atoms with Gasteiger partial charge in [-0.1, -0.05) is 40.2 Å². The standard InChI is InChI=1S/C25H24BrN3O5/c1-33-20-12-10-19(11-13-20)29-24(31)16-34-22-5-3-2-4-21(22)25(32)28-15-23(30)27-14-17-6-8-18(26)9-7-17/h2-13H,14-16H2,1H3,(H,27,30)(H,28,32)(H,29,31). The lowest BCUT2D eigenvalue weighted by atomic mass is 10.2. The van der Waals surface area contributed by atoms with Crippen LogP contribution in [-0.2, 0) is 16.1 Å². The van der Waals surface area contributed by atoms with Gasteiger partial charge in [0.1, 0.15) is 11.5 Å². The fourth-order valence-electron chi connectivity index (χ4n) is 2.92. The molecule has 0 aliphatic carbocycles. The van der Waals surface area contributed by atoms with Crippen LogP contribution in [0.25, 0.3) is 0 Å². The number of ether oxygens (including phenoxy) is 2. The lowest BCUT2D eigenvalue weighted by Gasteiger charge is -2.12. The third-order valence-electron chi connectivity index (χ3n) is 4.68. The van der Waals surface area contributed by atoms with Gasteiger partial charge >= 0.3 is 0 Å². The number of amides is 3. The molecule has 3 amide bonds. The van der Waals surface area contributed by atoms with Crippen LogP contribution in [-0.4, -0.2) is 38.0 Å². The summed E-state index contributed by atoms with van der Waals surface area (Å²) in [5.41, 5.74) is 1.75. The van der Waals surface area contributed by atoms with E-state index in [1.165, 1.54) is 0 Å². The molecule has 0 heterocycles. The summed E-state index contributed by atoms with van der Waals surface area (Å²) in [6.07, 6.45) is 0. The van der Waals surface area contributed by atoms with Crippen molar-refractivity contribution in [3.05, 3.63) is 88.4 Å². The molecule has 8 nitrogen and oxygen atoms in total. The predicted molar refractivity (Wildman–Crippen MR) is 132 cm³/mol. The third-order valence-corrected chi connectivity index (χ3v) is 5.21. The van der Waals surface area contributed by atoms with Crippen LogP contribution >= 0.6 is 15.9 Å². The molecule has 3 rings (SSSR count). The second kappa shape index (κ2) is 12.4. The number of benzene rings is 3. The third kappa shape index (κ3) is 7.63. The van der Waals surface area contributed by atoms with Crippen molar-refractivity contribution in [2.45, 2.75) is 6.54 Å². The molecule has 3 aromatic rings. The smallest absolute Gasteiger partial charge is 0.262 e. The summed E-state index contributed by atoms with van der Waals surface area (Å²) in [5.74, 6) is -0.275. The van der Waals surface area contributed by atoms with Gasteiger partial charge in [0.25, 0.3) is 11.8 Å². The minimum Gasteiger partial charge on any atom is -0.497 e. The Labute approximate surface area is 205 Å². The average Bonchev–Trinajstić information content (AvgIpc) is 2.86. The van der Waals surface area contributed by atoms with Crippen molar-refractivity contribution in [3.63, 3.8) is 0 Å². The molecule has 0 saturated heterocycles. The van der Waals surface area contributed by atoms with Crippen molar-refractivity contribution in [2.24, 2.45) is 0 Å². The number of para-hydroxylation sites is 1. The molecule has 176 valence electrons. The van der Waals surface area contributed by atoms with Gasteiger partial charge < -0.3 is 25.4 Å². The first-order valence-corrected chi connectivity index (χ1v) is 11.2. The maximum absolute atomic E-state index is 12.6. The van der Waals surface area contributed by atoms with E-state index in [4.69, 9.17) is 9.47 Å². The number of hydrogen-bond donors (Lipinski definition) is 3. The Morgan fingerprint density at radius 3 is 2.26 bits per heavy atom. The van der Waals surface area contributed by atoms with E-state index in [2.05, 4.69) is 31.9 Å². The van der Waals surface area contributed by atoms with Crippen molar-refractivity contribution in [1.29, 1.82) is 0 Å². The molecule has 0 radical (unpaired) electrons. The molecule has 0 spiro atoms. The van der Waals surface area contributed by atoms with Gasteiger partial charge in [-0.2, -0.15) is 0 Å². The Morgan fingerprint density at radius 2 is 1.56 bits per heavy atom. The molecule has 34 heavy (non-hydrogen) atoms. The number of carbonyl (C=O) groups excluding carboxylic acids is 3. The summed E-state index contributed by atoms with van der Waals surface area (Å²) >= 11 is 3.36. The summed E-state index contributed by atoms with van der Waals surface area (Å²) in [7, 11) is 1.56. The molecule has 0 bridgehead atoms. The summed E-state index contributed by atoms with van der Waals surface area (Å²) in [6, 6.07) is 20.9. The van der Waals surface area contributed by atoms with Crippen molar-refractivity contribution < 1.29 is 23.9 Å². The van der Waals surface area contributed by atoms with Crippen molar-refractivity contribution in [1.82, 2.24) is 10.6 Å². The fourth-order valence-corrected chi connectivity index (χ4v) is 3.18. The first-order valence-electron chi connectivity index (χ1n) is 10.4. The van der Waals surface area contributed by atoms with Crippen molar-refractivity contribution in [3.8, 4) is 11.5 Å². The van der Waals surface area contributed by atoms with E-state index < -0.39 is 5.91 Å². The highest BCUT2D eigenvalue weighted by atomic mass is 79.9. The van der Waals surface area contributed by atoms with E-state index in [0.717, 1.165) is 10.0 Å². The molecule has 3 N–H and O–H groups in total. The Morgan fingerprint density at radius 1 is 0.853 bits per heavy atom. The molecular formula is C25H24BrN3O5. The van der Waals surface area contributed by atoms with E-state index in [-0.39, 0.29) is 36.3 Å². The highest BCUT2D eigenvalue weighted by Crippen LogP contribution is 2.18. The molecular weight excluding hydrogens is 502 g/mol. The number of hydrogen-bond acceptors (Lipinski definition) is 5. The van der Waals surface area contributed by atoms with Crippen LogP contribution in [0.1, 0.15) is 15.9 Å². The molecule has 3 aromatic carbocycles.